The zero-order valence-corrected chi connectivity index (χ0v) is 22.1. The number of aliphatic hydroxyl groups excluding tert-OH is 1. The molecule has 0 unspecified atom stereocenters. The molecule has 0 saturated heterocycles. The third kappa shape index (κ3) is 23.7. The van der Waals surface area contributed by atoms with Crippen LogP contribution >= 0.6 is 0 Å². The van der Waals surface area contributed by atoms with E-state index in [9.17, 15) is 4.79 Å². The average molecular weight is 502 g/mol. The molecule has 1 aromatic rings. The first-order valence-electron chi connectivity index (χ1n) is 12.3. The van der Waals surface area contributed by atoms with E-state index >= 15 is 0 Å². The molecule has 0 aromatic heterocycles. The number of carbonyl (C=O) groups excluding carboxylic acids is 1. The number of hydrogen-bond acceptors (Lipinski definition) is 9. The number of hydrogen-bond donors (Lipinski definition) is 2. The summed E-state index contributed by atoms with van der Waals surface area (Å²) in [6.07, 6.45) is 4.57. The van der Waals surface area contributed by atoms with Crippen molar-refractivity contribution in [2.24, 2.45) is 5.73 Å². The van der Waals surface area contributed by atoms with Crippen LogP contribution < -0.4 is 10.5 Å². The molecule has 9 nitrogen and oxygen atoms in total. The number of nitrogens with two attached hydrogens (primary N) is 1. The fourth-order valence-electron chi connectivity index (χ4n) is 2.70. The quantitative estimate of drug-likeness (QED) is 0.167. The average Bonchev–Trinajstić information content (AvgIpc) is 2.83. The maximum absolute atomic E-state index is 11.5. The summed E-state index contributed by atoms with van der Waals surface area (Å²) < 4.78 is 31.4. The summed E-state index contributed by atoms with van der Waals surface area (Å²) in [6, 6.07) is 7.93. The molecule has 204 valence electrons. The second kappa shape index (κ2) is 22.7. The van der Waals surface area contributed by atoms with Crippen LogP contribution in [-0.4, -0.2) is 76.8 Å². The highest BCUT2D eigenvalue weighted by molar-refractivity contribution is 5.69. The van der Waals surface area contributed by atoms with Gasteiger partial charge in [0.1, 0.15) is 18.1 Å². The summed E-state index contributed by atoms with van der Waals surface area (Å²) in [5.74, 6) is 0.645. The normalized spacial score (nSPS) is 11.0. The van der Waals surface area contributed by atoms with E-state index in [-0.39, 0.29) is 19.2 Å². The van der Waals surface area contributed by atoms with Gasteiger partial charge in [0.2, 0.25) is 0 Å². The first-order valence-corrected chi connectivity index (χ1v) is 12.3. The molecule has 1 aromatic carbocycles. The van der Waals surface area contributed by atoms with Crippen molar-refractivity contribution >= 4 is 5.97 Å². The number of aliphatic hydroxyl groups is 1. The summed E-state index contributed by atoms with van der Waals surface area (Å²) in [4.78, 5) is 11.5. The monoisotopic (exact) mass is 501 g/mol. The predicted molar refractivity (Wildman–Crippen MR) is 135 cm³/mol. The second-order valence-electron chi connectivity index (χ2n) is 8.71. The molecule has 1 rings (SSSR count). The summed E-state index contributed by atoms with van der Waals surface area (Å²) in [7, 11) is 1.43. The summed E-state index contributed by atoms with van der Waals surface area (Å²) in [5.41, 5.74) is 6.27. The highest BCUT2D eigenvalue weighted by atomic mass is 16.6. The second-order valence-corrected chi connectivity index (χ2v) is 8.71. The van der Waals surface area contributed by atoms with Crippen LogP contribution in [0, 0.1) is 0 Å². The zero-order chi connectivity index (χ0) is 26.2. The number of rotatable bonds is 19. The van der Waals surface area contributed by atoms with E-state index in [1.165, 1.54) is 7.11 Å². The van der Waals surface area contributed by atoms with Crippen molar-refractivity contribution in [3.05, 3.63) is 29.8 Å². The van der Waals surface area contributed by atoms with Crippen LogP contribution in [0.15, 0.2) is 24.3 Å². The van der Waals surface area contributed by atoms with Gasteiger partial charge in [-0.15, -0.1) is 0 Å². The van der Waals surface area contributed by atoms with Gasteiger partial charge in [0, 0.05) is 20.3 Å². The van der Waals surface area contributed by atoms with Gasteiger partial charge in [0.05, 0.1) is 46.1 Å². The maximum Gasteiger partial charge on any atom is 0.308 e. The predicted octanol–water partition coefficient (Wildman–Crippen LogP) is 3.45. The molecule has 3 N–H and O–H groups in total. The van der Waals surface area contributed by atoms with Crippen LogP contribution in [0.2, 0.25) is 0 Å². The molecule has 0 fully saturated rings. The van der Waals surface area contributed by atoms with E-state index < -0.39 is 5.60 Å². The number of ether oxygens (including phenoxy) is 6. The number of methoxy groups -OCH3 is 1. The number of benzene rings is 1. The Kier molecular flexibility index (Phi) is 21.6. The summed E-state index contributed by atoms with van der Waals surface area (Å²) in [6.45, 7) is 9.80. The van der Waals surface area contributed by atoms with Crippen molar-refractivity contribution in [3.8, 4) is 5.75 Å². The molecular formula is C26H47NO8. The zero-order valence-electron chi connectivity index (χ0n) is 22.1. The third-order valence-electron chi connectivity index (χ3n) is 4.33. The maximum atomic E-state index is 11.5. The lowest BCUT2D eigenvalue weighted by Gasteiger charge is -2.19. The Morgan fingerprint density at radius 1 is 0.886 bits per heavy atom. The van der Waals surface area contributed by atoms with E-state index in [0.29, 0.717) is 39.6 Å². The lowest BCUT2D eigenvalue weighted by molar-refractivity contribution is -0.156. The van der Waals surface area contributed by atoms with Crippen LogP contribution in [-0.2, 0) is 35.0 Å². The van der Waals surface area contributed by atoms with E-state index in [4.69, 9.17) is 34.5 Å². The van der Waals surface area contributed by atoms with Gasteiger partial charge in [-0.05, 0) is 57.7 Å². The molecule has 0 heterocycles. The summed E-state index contributed by atoms with van der Waals surface area (Å²) >= 11 is 0. The molecule has 0 atom stereocenters. The molecule has 0 bridgehead atoms. The minimum absolute atomic E-state index is 0.181. The van der Waals surface area contributed by atoms with Crippen molar-refractivity contribution in [2.75, 3.05) is 60.2 Å². The van der Waals surface area contributed by atoms with Crippen molar-refractivity contribution in [1.82, 2.24) is 0 Å². The standard InChI is InChI=1S/C24H41NO6.C2H6O2/c1-24(2,3)31-23(26)11-14-28-16-18-29-17-15-27-12-6-4-5-7-13-30-22-10-8-9-21(19-22)20-25;1-4-2-3/h8-10,19H,4-7,11-18,20,25H2,1-3H3;3H,2H2,1H3. The molecular weight excluding hydrogens is 454 g/mol. The highest BCUT2D eigenvalue weighted by Crippen LogP contribution is 2.13. The van der Waals surface area contributed by atoms with Gasteiger partial charge in [0.15, 0.2) is 0 Å². The van der Waals surface area contributed by atoms with Crippen LogP contribution in [0.1, 0.15) is 58.4 Å². The van der Waals surface area contributed by atoms with E-state index in [1.54, 1.807) is 0 Å². The molecule has 0 amide bonds. The molecule has 0 spiro atoms. The van der Waals surface area contributed by atoms with Gasteiger partial charge in [-0.25, -0.2) is 0 Å². The first kappa shape index (κ1) is 33.2. The third-order valence-corrected chi connectivity index (χ3v) is 4.33. The molecule has 0 radical (unpaired) electrons. The molecule has 0 saturated carbocycles. The van der Waals surface area contributed by atoms with E-state index in [0.717, 1.165) is 50.2 Å². The minimum atomic E-state index is -0.452. The van der Waals surface area contributed by atoms with Crippen LogP contribution in [0.25, 0.3) is 0 Å². The van der Waals surface area contributed by atoms with Gasteiger partial charge in [-0.2, -0.15) is 0 Å². The van der Waals surface area contributed by atoms with Crippen LogP contribution in [0.4, 0.5) is 0 Å². The van der Waals surface area contributed by atoms with Gasteiger partial charge < -0.3 is 39.3 Å². The SMILES string of the molecule is CC(C)(C)OC(=O)CCOCCOCCOCCCCCCOc1cccc(CN)c1.COCO. The van der Waals surface area contributed by atoms with E-state index in [1.807, 2.05) is 45.0 Å². The molecule has 0 aliphatic heterocycles. The Balaban J connectivity index is 0.00000267. The van der Waals surface area contributed by atoms with Crippen LogP contribution in [0.5, 0.6) is 5.75 Å². The smallest absolute Gasteiger partial charge is 0.308 e. The molecule has 9 heteroatoms. The molecule has 0 aliphatic rings. The number of esters is 1. The van der Waals surface area contributed by atoms with Gasteiger partial charge in [-0.3, -0.25) is 4.79 Å². The Bertz CT molecular complexity index is 620. The Morgan fingerprint density at radius 2 is 1.46 bits per heavy atom. The van der Waals surface area contributed by atoms with Crippen molar-refractivity contribution in [1.29, 1.82) is 0 Å². The Morgan fingerprint density at radius 3 is 2.03 bits per heavy atom. The minimum Gasteiger partial charge on any atom is -0.494 e. The van der Waals surface area contributed by atoms with E-state index in [2.05, 4.69) is 4.74 Å². The number of unbranched alkanes of at least 4 members (excludes halogenated alkanes) is 3. The molecule has 35 heavy (non-hydrogen) atoms. The Hall–Kier alpha value is -1.75. The molecule has 0 aliphatic carbocycles. The van der Waals surface area contributed by atoms with Crippen molar-refractivity contribution < 1.29 is 38.3 Å². The first-order chi connectivity index (χ1) is 16.8. The largest absolute Gasteiger partial charge is 0.494 e. The summed E-state index contributed by atoms with van der Waals surface area (Å²) in [5, 5.41) is 7.65. The fourth-order valence-corrected chi connectivity index (χ4v) is 2.70. The number of carbonyl (C=O) groups is 1. The van der Waals surface area contributed by atoms with Gasteiger partial charge in [-0.1, -0.05) is 18.6 Å². The van der Waals surface area contributed by atoms with Crippen molar-refractivity contribution in [3.63, 3.8) is 0 Å². The highest BCUT2D eigenvalue weighted by Gasteiger charge is 2.15. The lowest BCUT2D eigenvalue weighted by Crippen LogP contribution is -2.24. The van der Waals surface area contributed by atoms with Crippen molar-refractivity contribution in [2.45, 2.75) is 65.0 Å². The van der Waals surface area contributed by atoms with Crippen LogP contribution in [0.3, 0.4) is 0 Å². The fraction of sp³-hybridized carbons (Fsp3) is 0.731. The van der Waals surface area contributed by atoms with Gasteiger partial charge in [0.25, 0.3) is 0 Å². The Labute approximate surface area is 211 Å². The topological polar surface area (TPSA) is 119 Å². The lowest BCUT2D eigenvalue weighted by atomic mass is 10.2. The van der Waals surface area contributed by atoms with Gasteiger partial charge >= 0.3 is 5.97 Å².